The molecule has 1 atom stereocenters. The number of methoxy groups -OCH3 is 2. The van der Waals surface area contributed by atoms with Gasteiger partial charge in [-0.1, -0.05) is 12.1 Å². The van der Waals surface area contributed by atoms with E-state index in [1.165, 1.54) is 5.56 Å². The van der Waals surface area contributed by atoms with Crippen LogP contribution in [0.5, 0.6) is 5.75 Å². The van der Waals surface area contributed by atoms with Crippen LogP contribution < -0.4 is 10.1 Å². The van der Waals surface area contributed by atoms with E-state index < -0.39 is 0 Å². The summed E-state index contributed by atoms with van der Waals surface area (Å²) in [6, 6.07) is 8.75. The van der Waals surface area contributed by atoms with Crippen LogP contribution in [0.1, 0.15) is 12.5 Å². The Morgan fingerprint density at radius 3 is 2.45 bits per heavy atom. The van der Waals surface area contributed by atoms with Gasteiger partial charge in [0.2, 0.25) is 0 Å². The van der Waals surface area contributed by atoms with Gasteiger partial charge < -0.3 is 19.7 Å². The summed E-state index contributed by atoms with van der Waals surface area (Å²) in [6.45, 7) is 6.02. The summed E-state index contributed by atoms with van der Waals surface area (Å²) >= 11 is 0. The highest BCUT2D eigenvalue weighted by Gasteiger charge is 2.04. The van der Waals surface area contributed by atoms with E-state index in [1.54, 1.807) is 14.2 Å². The second kappa shape index (κ2) is 9.75. The predicted molar refractivity (Wildman–Crippen MR) is 83.5 cm³/mol. The lowest BCUT2D eigenvalue weighted by molar-refractivity contribution is 0.161. The second-order valence-electron chi connectivity index (χ2n) is 5.20. The Balaban J connectivity index is 2.20. The molecule has 0 aliphatic rings. The van der Waals surface area contributed by atoms with Crippen LogP contribution in [0.2, 0.25) is 0 Å². The summed E-state index contributed by atoms with van der Waals surface area (Å²) in [5.41, 5.74) is 1.33. The fourth-order valence-corrected chi connectivity index (χ4v) is 2.05. The van der Waals surface area contributed by atoms with Gasteiger partial charge in [0.1, 0.15) is 5.75 Å². The molecular weight excluding hydrogens is 252 g/mol. The summed E-state index contributed by atoms with van der Waals surface area (Å²) in [6.07, 6.45) is 1.03. The Hall–Kier alpha value is -1.10. The molecule has 0 fully saturated rings. The van der Waals surface area contributed by atoms with Gasteiger partial charge in [-0.05, 0) is 38.1 Å². The van der Waals surface area contributed by atoms with E-state index >= 15 is 0 Å². The molecule has 0 saturated carbocycles. The summed E-state index contributed by atoms with van der Waals surface area (Å²) in [5.74, 6) is 0.911. The Labute approximate surface area is 123 Å². The molecule has 0 amide bonds. The number of hydrogen-bond donors (Lipinski definition) is 1. The molecule has 0 saturated heterocycles. The van der Waals surface area contributed by atoms with Crippen LogP contribution in [0.25, 0.3) is 0 Å². The number of benzene rings is 1. The normalized spacial score (nSPS) is 12.7. The lowest BCUT2D eigenvalue weighted by atomic mass is 10.1. The molecule has 0 bridgehead atoms. The third-order valence-corrected chi connectivity index (χ3v) is 3.36. The summed E-state index contributed by atoms with van der Waals surface area (Å²) in [7, 11) is 5.55. The van der Waals surface area contributed by atoms with Crippen LogP contribution in [0.15, 0.2) is 24.3 Å². The molecule has 0 aliphatic carbocycles. The van der Waals surface area contributed by atoms with Gasteiger partial charge in [0.25, 0.3) is 0 Å². The highest BCUT2D eigenvalue weighted by Crippen LogP contribution is 2.12. The second-order valence-corrected chi connectivity index (χ2v) is 5.20. The van der Waals surface area contributed by atoms with Crippen molar-refractivity contribution in [2.45, 2.75) is 19.4 Å². The van der Waals surface area contributed by atoms with E-state index in [2.05, 4.69) is 36.3 Å². The molecule has 114 valence electrons. The quantitative estimate of drug-likeness (QED) is 0.708. The zero-order valence-corrected chi connectivity index (χ0v) is 13.2. The molecule has 0 aliphatic heterocycles. The molecule has 0 aromatic heterocycles. The van der Waals surface area contributed by atoms with Crippen LogP contribution in [0.3, 0.4) is 0 Å². The Bertz CT molecular complexity index is 354. The minimum atomic E-state index is 0.472. The maximum Gasteiger partial charge on any atom is 0.118 e. The van der Waals surface area contributed by atoms with E-state index in [-0.39, 0.29) is 0 Å². The van der Waals surface area contributed by atoms with Gasteiger partial charge in [-0.25, -0.2) is 0 Å². The molecule has 0 radical (unpaired) electrons. The Morgan fingerprint density at radius 2 is 1.85 bits per heavy atom. The highest BCUT2D eigenvalue weighted by atomic mass is 16.5. The summed E-state index contributed by atoms with van der Waals surface area (Å²) < 4.78 is 10.2. The summed E-state index contributed by atoms with van der Waals surface area (Å²) in [4.78, 5) is 2.27. The molecule has 1 unspecified atom stereocenters. The van der Waals surface area contributed by atoms with E-state index in [0.29, 0.717) is 6.04 Å². The number of nitrogens with zero attached hydrogens (tertiary/aromatic N) is 1. The van der Waals surface area contributed by atoms with Crippen molar-refractivity contribution >= 4 is 0 Å². The first-order chi connectivity index (χ1) is 9.65. The molecule has 1 rings (SSSR count). The van der Waals surface area contributed by atoms with Crippen molar-refractivity contribution in [2.24, 2.45) is 0 Å². The highest BCUT2D eigenvalue weighted by molar-refractivity contribution is 5.27. The predicted octanol–water partition coefficient (Wildman–Crippen LogP) is 1.79. The zero-order valence-electron chi connectivity index (χ0n) is 13.2. The Morgan fingerprint density at radius 1 is 1.15 bits per heavy atom. The molecule has 4 nitrogen and oxygen atoms in total. The molecule has 0 spiro atoms. The fraction of sp³-hybridized carbons (Fsp3) is 0.625. The zero-order chi connectivity index (χ0) is 14.8. The third-order valence-electron chi connectivity index (χ3n) is 3.36. The van der Waals surface area contributed by atoms with Crippen molar-refractivity contribution in [2.75, 3.05) is 47.5 Å². The van der Waals surface area contributed by atoms with Crippen molar-refractivity contribution in [3.8, 4) is 5.75 Å². The van der Waals surface area contributed by atoms with E-state index in [0.717, 1.165) is 38.4 Å². The number of rotatable bonds is 10. The van der Waals surface area contributed by atoms with Crippen LogP contribution in [0, 0.1) is 0 Å². The van der Waals surface area contributed by atoms with Crippen LogP contribution in [0.4, 0.5) is 0 Å². The number of hydrogen-bond acceptors (Lipinski definition) is 4. The van der Waals surface area contributed by atoms with Crippen LogP contribution >= 0.6 is 0 Å². The van der Waals surface area contributed by atoms with E-state index in [4.69, 9.17) is 9.47 Å². The minimum absolute atomic E-state index is 0.472. The van der Waals surface area contributed by atoms with Crippen molar-refractivity contribution in [1.82, 2.24) is 10.2 Å². The molecule has 4 heteroatoms. The average molecular weight is 280 g/mol. The average Bonchev–Trinajstić information content (AvgIpc) is 2.46. The first-order valence-electron chi connectivity index (χ1n) is 7.19. The largest absolute Gasteiger partial charge is 0.497 e. The molecule has 1 aromatic rings. The Kier molecular flexibility index (Phi) is 8.26. The van der Waals surface area contributed by atoms with E-state index in [9.17, 15) is 0 Å². The van der Waals surface area contributed by atoms with Gasteiger partial charge in [0.05, 0.1) is 13.7 Å². The molecule has 0 heterocycles. The monoisotopic (exact) mass is 280 g/mol. The topological polar surface area (TPSA) is 33.7 Å². The SMILES string of the molecule is COCCN(C)CCNC(C)Cc1ccc(OC)cc1. The van der Waals surface area contributed by atoms with Crippen LogP contribution in [-0.2, 0) is 11.2 Å². The molecule has 20 heavy (non-hydrogen) atoms. The fourth-order valence-electron chi connectivity index (χ4n) is 2.05. The van der Waals surface area contributed by atoms with Crippen LogP contribution in [-0.4, -0.2) is 58.5 Å². The first kappa shape index (κ1) is 17.0. The lowest BCUT2D eigenvalue weighted by Crippen LogP contribution is -2.36. The van der Waals surface area contributed by atoms with Crippen molar-refractivity contribution in [3.05, 3.63) is 29.8 Å². The smallest absolute Gasteiger partial charge is 0.118 e. The number of likely N-dealkylation sites (N-methyl/N-ethyl adjacent to an activating group) is 1. The van der Waals surface area contributed by atoms with Gasteiger partial charge in [-0.2, -0.15) is 0 Å². The molecule has 1 aromatic carbocycles. The minimum Gasteiger partial charge on any atom is -0.497 e. The number of nitrogens with one attached hydrogen (secondary N) is 1. The maximum absolute atomic E-state index is 5.17. The van der Waals surface area contributed by atoms with Gasteiger partial charge in [0, 0.05) is 32.8 Å². The van der Waals surface area contributed by atoms with Gasteiger partial charge in [0.15, 0.2) is 0 Å². The van der Waals surface area contributed by atoms with Gasteiger partial charge in [-0.3, -0.25) is 0 Å². The van der Waals surface area contributed by atoms with Crippen molar-refractivity contribution in [1.29, 1.82) is 0 Å². The first-order valence-corrected chi connectivity index (χ1v) is 7.19. The van der Waals surface area contributed by atoms with Gasteiger partial charge >= 0.3 is 0 Å². The van der Waals surface area contributed by atoms with Crippen molar-refractivity contribution in [3.63, 3.8) is 0 Å². The lowest BCUT2D eigenvalue weighted by Gasteiger charge is -2.19. The molecular formula is C16H28N2O2. The molecule has 1 N–H and O–H groups in total. The summed E-state index contributed by atoms with van der Waals surface area (Å²) in [5, 5.41) is 3.55. The van der Waals surface area contributed by atoms with E-state index in [1.807, 2.05) is 12.1 Å². The third kappa shape index (κ3) is 6.89. The number of ether oxygens (including phenoxy) is 2. The standard InChI is InChI=1S/C16H28N2O2/c1-14(17-9-10-18(2)11-12-19-3)13-15-5-7-16(20-4)8-6-15/h5-8,14,17H,9-13H2,1-4H3. The van der Waals surface area contributed by atoms with Gasteiger partial charge in [-0.15, -0.1) is 0 Å². The van der Waals surface area contributed by atoms with Crippen molar-refractivity contribution < 1.29 is 9.47 Å². The maximum atomic E-state index is 5.17.